The number of methoxy groups -OCH3 is 2. The summed E-state index contributed by atoms with van der Waals surface area (Å²) in [4.78, 5) is 11.5. The van der Waals surface area contributed by atoms with E-state index >= 15 is 0 Å². The molecule has 2 atom stereocenters. The third-order valence-electron chi connectivity index (χ3n) is 4.04. The lowest BCUT2D eigenvalue weighted by Crippen LogP contribution is -2.09. The quantitative estimate of drug-likeness (QED) is 0.470. The Balaban J connectivity index is 1.95. The number of carbonyl (C=O) groups is 1. The SMILES string of the molecule is COCOc1cc2c(cc1CC(=O)OC)C1C=CC2C1. The molecular formula is C16H18O4. The first-order chi connectivity index (χ1) is 9.72. The van der Waals surface area contributed by atoms with Crippen LogP contribution in [0.2, 0.25) is 0 Å². The van der Waals surface area contributed by atoms with E-state index in [0.717, 1.165) is 17.7 Å². The van der Waals surface area contributed by atoms with Gasteiger partial charge >= 0.3 is 5.97 Å². The maximum Gasteiger partial charge on any atom is 0.310 e. The third kappa shape index (κ3) is 2.20. The van der Waals surface area contributed by atoms with E-state index in [1.165, 1.54) is 18.2 Å². The highest BCUT2D eigenvalue weighted by molar-refractivity contribution is 5.74. The second-order valence-corrected chi connectivity index (χ2v) is 5.23. The van der Waals surface area contributed by atoms with Crippen molar-refractivity contribution < 1.29 is 19.0 Å². The second kappa shape index (κ2) is 5.29. The third-order valence-corrected chi connectivity index (χ3v) is 4.04. The maximum absolute atomic E-state index is 11.5. The van der Waals surface area contributed by atoms with Crippen LogP contribution < -0.4 is 4.74 Å². The average Bonchev–Trinajstić information content (AvgIpc) is 3.06. The minimum absolute atomic E-state index is 0.177. The van der Waals surface area contributed by atoms with Gasteiger partial charge in [-0.2, -0.15) is 0 Å². The first-order valence-electron chi connectivity index (χ1n) is 6.76. The maximum atomic E-state index is 11.5. The minimum Gasteiger partial charge on any atom is -0.469 e. The molecule has 2 aliphatic rings. The molecule has 20 heavy (non-hydrogen) atoms. The molecule has 2 bridgehead atoms. The summed E-state index contributed by atoms with van der Waals surface area (Å²) in [5, 5.41) is 0. The smallest absolute Gasteiger partial charge is 0.310 e. The molecule has 0 saturated carbocycles. The lowest BCUT2D eigenvalue weighted by Gasteiger charge is -2.17. The van der Waals surface area contributed by atoms with Crippen LogP contribution >= 0.6 is 0 Å². The van der Waals surface area contributed by atoms with E-state index in [1.54, 1.807) is 7.11 Å². The van der Waals surface area contributed by atoms with Crippen molar-refractivity contribution in [2.24, 2.45) is 0 Å². The number of hydrogen-bond donors (Lipinski definition) is 0. The number of esters is 1. The summed E-state index contributed by atoms with van der Waals surface area (Å²) in [5.74, 6) is 1.44. The van der Waals surface area contributed by atoms with Crippen molar-refractivity contribution in [2.45, 2.75) is 24.7 Å². The van der Waals surface area contributed by atoms with Crippen molar-refractivity contribution in [3.8, 4) is 5.75 Å². The number of fused-ring (bicyclic) bond motifs is 5. The van der Waals surface area contributed by atoms with Crippen molar-refractivity contribution in [3.63, 3.8) is 0 Å². The molecule has 0 heterocycles. The van der Waals surface area contributed by atoms with E-state index < -0.39 is 0 Å². The highest BCUT2D eigenvalue weighted by atomic mass is 16.7. The molecule has 0 N–H and O–H groups in total. The summed E-state index contributed by atoms with van der Waals surface area (Å²) in [5.41, 5.74) is 3.51. The van der Waals surface area contributed by atoms with Gasteiger partial charge in [0.1, 0.15) is 5.75 Å². The Morgan fingerprint density at radius 1 is 1.20 bits per heavy atom. The molecule has 1 aromatic rings. The highest BCUT2D eigenvalue weighted by Gasteiger charge is 2.33. The summed E-state index contributed by atoms with van der Waals surface area (Å²) in [6.07, 6.45) is 5.88. The predicted molar refractivity (Wildman–Crippen MR) is 73.9 cm³/mol. The predicted octanol–water partition coefficient (Wildman–Crippen LogP) is 2.53. The Labute approximate surface area is 118 Å². The number of benzene rings is 1. The van der Waals surface area contributed by atoms with Gasteiger partial charge in [0.15, 0.2) is 6.79 Å². The van der Waals surface area contributed by atoms with Crippen molar-refractivity contribution in [1.29, 1.82) is 0 Å². The second-order valence-electron chi connectivity index (χ2n) is 5.23. The number of ether oxygens (including phenoxy) is 3. The number of allylic oxidation sites excluding steroid dienone is 2. The standard InChI is InChI=1S/C16H18O4/c1-18-9-20-15-8-14-11-4-3-10(5-11)13(14)6-12(15)7-16(17)19-2/h3-4,6,8,10-11H,5,7,9H2,1-2H3. The first-order valence-corrected chi connectivity index (χ1v) is 6.76. The lowest BCUT2D eigenvalue weighted by molar-refractivity contribution is -0.139. The summed E-state index contributed by atoms with van der Waals surface area (Å²) in [6, 6.07) is 4.15. The monoisotopic (exact) mass is 274 g/mol. The van der Waals surface area contributed by atoms with E-state index in [4.69, 9.17) is 14.2 Å². The van der Waals surface area contributed by atoms with Gasteiger partial charge in [-0.1, -0.05) is 18.2 Å². The van der Waals surface area contributed by atoms with Crippen LogP contribution in [0.3, 0.4) is 0 Å². The molecule has 0 fully saturated rings. The highest BCUT2D eigenvalue weighted by Crippen LogP contribution is 2.50. The first kappa shape index (κ1) is 13.2. The molecule has 0 amide bonds. The number of hydrogen-bond acceptors (Lipinski definition) is 4. The van der Waals surface area contributed by atoms with Crippen LogP contribution in [0.1, 0.15) is 34.9 Å². The average molecular weight is 274 g/mol. The zero-order chi connectivity index (χ0) is 14.1. The molecule has 3 rings (SSSR count). The van der Waals surface area contributed by atoms with E-state index in [2.05, 4.69) is 24.3 Å². The lowest BCUT2D eigenvalue weighted by atomic mass is 9.93. The Morgan fingerprint density at radius 3 is 2.55 bits per heavy atom. The van der Waals surface area contributed by atoms with Crippen molar-refractivity contribution in [1.82, 2.24) is 0 Å². The normalized spacial score (nSPS) is 21.9. The van der Waals surface area contributed by atoms with E-state index in [-0.39, 0.29) is 19.2 Å². The van der Waals surface area contributed by atoms with Gasteiger partial charge in [0.25, 0.3) is 0 Å². The van der Waals surface area contributed by atoms with Crippen molar-refractivity contribution in [3.05, 3.63) is 41.0 Å². The number of rotatable bonds is 5. The van der Waals surface area contributed by atoms with Crippen LogP contribution in [0.4, 0.5) is 0 Å². The minimum atomic E-state index is -0.258. The molecule has 2 aliphatic carbocycles. The summed E-state index contributed by atoms with van der Waals surface area (Å²) < 4.78 is 15.3. The topological polar surface area (TPSA) is 44.8 Å². The largest absolute Gasteiger partial charge is 0.469 e. The molecular weight excluding hydrogens is 256 g/mol. The summed E-state index contributed by atoms with van der Waals surface area (Å²) in [6.45, 7) is 0.177. The van der Waals surface area contributed by atoms with Crippen LogP contribution in [-0.2, 0) is 20.7 Å². The Kier molecular flexibility index (Phi) is 3.49. The van der Waals surface area contributed by atoms with Crippen LogP contribution in [0.5, 0.6) is 5.75 Å². The summed E-state index contributed by atoms with van der Waals surface area (Å²) >= 11 is 0. The fraction of sp³-hybridized carbons (Fsp3) is 0.438. The number of carbonyl (C=O) groups excluding carboxylic acids is 1. The Morgan fingerprint density at radius 2 is 1.90 bits per heavy atom. The molecule has 4 heteroatoms. The Hall–Kier alpha value is -1.81. The zero-order valence-corrected chi connectivity index (χ0v) is 11.7. The Bertz CT molecular complexity index is 562. The van der Waals surface area contributed by atoms with Gasteiger partial charge in [-0.25, -0.2) is 0 Å². The van der Waals surface area contributed by atoms with Crippen molar-refractivity contribution >= 4 is 5.97 Å². The molecule has 4 nitrogen and oxygen atoms in total. The molecule has 0 aliphatic heterocycles. The zero-order valence-electron chi connectivity index (χ0n) is 11.7. The van der Waals surface area contributed by atoms with Gasteiger partial charge < -0.3 is 14.2 Å². The molecule has 106 valence electrons. The molecule has 0 saturated heterocycles. The van der Waals surface area contributed by atoms with Crippen LogP contribution in [0.15, 0.2) is 24.3 Å². The van der Waals surface area contributed by atoms with Gasteiger partial charge in [0.2, 0.25) is 0 Å². The van der Waals surface area contributed by atoms with Crippen LogP contribution in [0, 0.1) is 0 Å². The van der Waals surface area contributed by atoms with Gasteiger partial charge in [0.05, 0.1) is 13.5 Å². The van der Waals surface area contributed by atoms with Gasteiger partial charge in [-0.3, -0.25) is 4.79 Å². The molecule has 0 aromatic heterocycles. The van der Waals surface area contributed by atoms with Crippen LogP contribution in [0.25, 0.3) is 0 Å². The van der Waals surface area contributed by atoms with Crippen molar-refractivity contribution in [2.75, 3.05) is 21.0 Å². The van der Waals surface area contributed by atoms with E-state index in [1.807, 2.05) is 0 Å². The molecule has 2 unspecified atom stereocenters. The van der Waals surface area contributed by atoms with E-state index in [0.29, 0.717) is 11.8 Å². The van der Waals surface area contributed by atoms with Crippen LogP contribution in [-0.4, -0.2) is 27.0 Å². The van der Waals surface area contributed by atoms with Gasteiger partial charge in [-0.05, 0) is 23.6 Å². The molecule has 0 radical (unpaired) electrons. The fourth-order valence-corrected chi connectivity index (χ4v) is 3.08. The molecule has 1 aromatic carbocycles. The van der Waals surface area contributed by atoms with Gasteiger partial charge in [0, 0.05) is 24.5 Å². The van der Waals surface area contributed by atoms with E-state index in [9.17, 15) is 4.79 Å². The summed E-state index contributed by atoms with van der Waals surface area (Å²) in [7, 11) is 2.98. The fourth-order valence-electron chi connectivity index (χ4n) is 3.08. The molecule has 0 spiro atoms. The van der Waals surface area contributed by atoms with Gasteiger partial charge in [-0.15, -0.1) is 0 Å².